The summed E-state index contributed by atoms with van der Waals surface area (Å²) >= 11 is 0. The summed E-state index contributed by atoms with van der Waals surface area (Å²) in [6.45, 7) is 2.75. The van der Waals surface area contributed by atoms with E-state index in [-0.39, 0.29) is 11.9 Å². The van der Waals surface area contributed by atoms with Gasteiger partial charge in [0.1, 0.15) is 11.0 Å². The Balaban J connectivity index is 1.27. The van der Waals surface area contributed by atoms with E-state index in [2.05, 4.69) is 25.6 Å². The van der Waals surface area contributed by atoms with Crippen LogP contribution in [0.2, 0.25) is 0 Å². The quantitative estimate of drug-likeness (QED) is 0.748. The number of carboxylic acid groups (broad SMARTS) is 1. The number of rotatable bonds is 3. The highest BCUT2D eigenvalue weighted by Gasteiger charge is 2.30. The van der Waals surface area contributed by atoms with E-state index < -0.39 is 6.09 Å². The van der Waals surface area contributed by atoms with Crippen LogP contribution in [0.3, 0.4) is 0 Å². The second-order valence-corrected chi connectivity index (χ2v) is 7.31. The van der Waals surface area contributed by atoms with Crippen LogP contribution in [0.15, 0.2) is 18.2 Å². The van der Waals surface area contributed by atoms with Gasteiger partial charge < -0.3 is 15.3 Å². The standard InChI is InChI=1S/C18H24N6O3/c25-17(12-1-6-15-16(11-12)21-22-20-15)19-13-2-4-14(5-3-13)23-7-9-24(10-8-23)18(26)27/h1,6,11,13-14H,2-5,7-10H2,(H,19,25)(H,26,27)(H,20,21,22). The monoisotopic (exact) mass is 372 g/mol. The third-order valence-electron chi connectivity index (χ3n) is 5.71. The number of aromatic amines is 1. The normalized spacial score (nSPS) is 24.1. The third-order valence-corrected chi connectivity index (χ3v) is 5.71. The van der Waals surface area contributed by atoms with Crippen molar-refractivity contribution in [3.05, 3.63) is 23.8 Å². The zero-order valence-corrected chi connectivity index (χ0v) is 15.1. The van der Waals surface area contributed by atoms with Crippen LogP contribution in [0.5, 0.6) is 0 Å². The molecule has 0 bridgehead atoms. The first-order valence-electron chi connectivity index (χ1n) is 9.43. The number of nitrogens with one attached hydrogen (secondary N) is 2. The molecule has 1 aliphatic heterocycles. The van der Waals surface area contributed by atoms with Gasteiger partial charge in [-0.05, 0) is 43.9 Å². The third kappa shape index (κ3) is 3.87. The highest BCUT2D eigenvalue weighted by Crippen LogP contribution is 2.24. The minimum atomic E-state index is -0.829. The summed E-state index contributed by atoms with van der Waals surface area (Å²) in [6, 6.07) is 5.99. The van der Waals surface area contributed by atoms with Gasteiger partial charge in [0.05, 0.1) is 0 Å². The van der Waals surface area contributed by atoms with E-state index >= 15 is 0 Å². The number of benzene rings is 1. The molecule has 2 heterocycles. The number of carbonyl (C=O) groups excluding carboxylic acids is 1. The smallest absolute Gasteiger partial charge is 0.407 e. The van der Waals surface area contributed by atoms with Crippen molar-refractivity contribution in [3.8, 4) is 0 Å². The number of nitrogens with zero attached hydrogens (tertiary/aromatic N) is 4. The Morgan fingerprint density at radius 2 is 1.74 bits per heavy atom. The summed E-state index contributed by atoms with van der Waals surface area (Å²) in [5.41, 5.74) is 2.03. The minimum absolute atomic E-state index is 0.0709. The van der Waals surface area contributed by atoms with Gasteiger partial charge in [0, 0.05) is 43.8 Å². The molecular weight excluding hydrogens is 348 g/mol. The van der Waals surface area contributed by atoms with E-state index in [1.54, 1.807) is 18.2 Å². The van der Waals surface area contributed by atoms with Gasteiger partial charge in [-0.3, -0.25) is 9.69 Å². The molecule has 2 fully saturated rings. The molecule has 9 heteroatoms. The Morgan fingerprint density at radius 3 is 2.44 bits per heavy atom. The van der Waals surface area contributed by atoms with Crippen LogP contribution in [-0.2, 0) is 0 Å². The highest BCUT2D eigenvalue weighted by molar-refractivity contribution is 5.97. The van der Waals surface area contributed by atoms with Gasteiger partial charge in [-0.25, -0.2) is 4.79 Å². The first kappa shape index (κ1) is 17.7. The van der Waals surface area contributed by atoms with Crippen LogP contribution < -0.4 is 5.32 Å². The molecule has 0 atom stereocenters. The topological polar surface area (TPSA) is 114 Å². The molecule has 2 aromatic rings. The SMILES string of the molecule is O=C(NC1CCC(N2CCN(C(=O)O)CC2)CC1)c1ccc2n[nH]nc2c1. The lowest BCUT2D eigenvalue weighted by molar-refractivity contribution is 0.0681. The number of aromatic nitrogens is 3. The molecule has 0 spiro atoms. The van der Waals surface area contributed by atoms with Crippen LogP contribution in [-0.4, -0.2) is 80.6 Å². The molecule has 1 aromatic carbocycles. The number of H-pyrrole nitrogens is 1. The number of hydrogen-bond acceptors (Lipinski definition) is 5. The molecule has 1 aromatic heterocycles. The minimum Gasteiger partial charge on any atom is -0.465 e. The van der Waals surface area contributed by atoms with Gasteiger partial charge in [-0.1, -0.05) is 0 Å². The summed E-state index contributed by atoms with van der Waals surface area (Å²) < 4.78 is 0. The predicted octanol–water partition coefficient (Wildman–Crippen LogP) is 1.29. The fraction of sp³-hybridized carbons (Fsp3) is 0.556. The molecule has 9 nitrogen and oxygen atoms in total. The number of hydrogen-bond donors (Lipinski definition) is 3. The van der Waals surface area contributed by atoms with E-state index in [1.165, 1.54) is 4.90 Å². The molecular formula is C18H24N6O3. The van der Waals surface area contributed by atoms with Crippen molar-refractivity contribution in [2.75, 3.05) is 26.2 Å². The van der Waals surface area contributed by atoms with Gasteiger partial charge in [-0.2, -0.15) is 15.4 Å². The highest BCUT2D eigenvalue weighted by atomic mass is 16.4. The molecule has 4 rings (SSSR count). The average Bonchev–Trinajstić information content (AvgIpc) is 3.16. The van der Waals surface area contributed by atoms with Crippen molar-refractivity contribution >= 4 is 23.0 Å². The second-order valence-electron chi connectivity index (χ2n) is 7.31. The summed E-state index contributed by atoms with van der Waals surface area (Å²) in [5, 5.41) is 22.8. The number of fused-ring (bicyclic) bond motifs is 1. The fourth-order valence-electron chi connectivity index (χ4n) is 4.11. The van der Waals surface area contributed by atoms with E-state index in [1.807, 2.05) is 0 Å². The fourth-order valence-corrected chi connectivity index (χ4v) is 4.11. The van der Waals surface area contributed by atoms with Crippen molar-refractivity contribution in [1.29, 1.82) is 0 Å². The van der Waals surface area contributed by atoms with Crippen LogP contribution in [0.25, 0.3) is 11.0 Å². The first-order valence-corrected chi connectivity index (χ1v) is 9.43. The zero-order chi connectivity index (χ0) is 18.8. The van der Waals surface area contributed by atoms with Crippen LogP contribution in [0.1, 0.15) is 36.0 Å². The Kier molecular flexibility index (Phi) is 4.93. The zero-order valence-electron chi connectivity index (χ0n) is 15.1. The van der Waals surface area contributed by atoms with Crippen molar-refractivity contribution < 1.29 is 14.7 Å². The van der Waals surface area contributed by atoms with Crippen molar-refractivity contribution in [1.82, 2.24) is 30.5 Å². The van der Waals surface area contributed by atoms with Gasteiger partial charge in [0.25, 0.3) is 5.91 Å². The van der Waals surface area contributed by atoms with E-state index in [0.717, 1.165) is 44.3 Å². The van der Waals surface area contributed by atoms with Crippen LogP contribution >= 0.6 is 0 Å². The van der Waals surface area contributed by atoms with Gasteiger partial charge >= 0.3 is 6.09 Å². The Labute approximate surface area is 156 Å². The lowest BCUT2D eigenvalue weighted by Gasteiger charge is -2.41. The van der Waals surface area contributed by atoms with Crippen LogP contribution in [0.4, 0.5) is 4.79 Å². The maximum atomic E-state index is 12.5. The number of amides is 2. The van der Waals surface area contributed by atoms with Gasteiger partial charge in [0.2, 0.25) is 0 Å². The van der Waals surface area contributed by atoms with Gasteiger partial charge in [0.15, 0.2) is 0 Å². The maximum absolute atomic E-state index is 12.5. The molecule has 27 heavy (non-hydrogen) atoms. The van der Waals surface area contributed by atoms with E-state index in [0.29, 0.717) is 30.2 Å². The summed E-state index contributed by atoms with van der Waals surface area (Å²) in [5.74, 6) is -0.0709. The lowest BCUT2D eigenvalue weighted by Crippen LogP contribution is -2.53. The van der Waals surface area contributed by atoms with Crippen molar-refractivity contribution in [2.24, 2.45) is 0 Å². The molecule has 2 aliphatic rings. The molecule has 1 saturated carbocycles. The first-order chi connectivity index (χ1) is 13.1. The molecule has 2 amide bonds. The van der Waals surface area contributed by atoms with Crippen molar-refractivity contribution in [3.63, 3.8) is 0 Å². The predicted molar refractivity (Wildman–Crippen MR) is 98.6 cm³/mol. The van der Waals surface area contributed by atoms with Crippen LogP contribution in [0, 0.1) is 0 Å². The molecule has 0 unspecified atom stereocenters. The van der Waals surface area contributed by atoms with E-state index in [9.17, 15) is 9.59 Å². The molecule has 3 N–H and O–H groups in total. The average molecular weight is 372 g/mol. The number of piperazine rings is 1. The van der Waals surface area contributed by atoms with E-state index in [4.69, 9.17) is 5.11 Å². The Morgan fingerprint density at radius 1 is 1.04 bits per heavy atom. The molecule has 1 saturated heterocycles. The van der Waals surface area contributed by atoms with Crippen molar-refractivity contribution in [2.45, 2.75) is 37.8 Å². The Bertz CT molecular complexity index is 821. The molecule has 1 aliphatic carbocycles. The largest absolute Gasteiger partial charge is 0.465 e. The molecule has 144 valence electrons. The lowest BCUT2D eigenvalue weighted by atomic mass is 9.89. The summed E-state index contributed by atoms with van der Waals surface area (Å²) in [6.07, 6.45) is 3.12. The maximum Gasteiger partial charge on any atom is 0.407 e. The second kappa shape index (κ2) is 7.51. The summed E-state index contributed by atoms with van der Waals surface area (Å²) in [4.78, 5) is 27.4. The Hall–Kier alpha value is -2.68. The molecule has 0 radical (unpaired) electrons. The number of carbonyl (C=O) groups is 2. The summed E-state index contributed by atoms with van der Waals surface area (Å²) in [7, 11) is 0. The van der Waals surface area contributed by atoms with Gasteiger partial charge in [-0.15, -0.1) is 0 Å².